The van der Waals surface area contributed by atoms with E-state index in [0.717, 1.165) is 16.7 Å². The van der Waals surface area contributed by atoms with Crippen LogP contribution in [0.1, 0.15) is 36.0 Å². The third-order valence-electron chi connectivity index (χ3n) is 6.99. The Hall–Kier alpha value is -3.21. The number of carbonyl (C=O) groups excluding carboxylic acids is 1. The summed E-state index contributed by atoms with van der Waals surface area (Å²) in [6.07, 6.45) is 2.14. The van der Waals surface area contributed by atoms with Crippen molar-refractivity contribution in [1.29, 1.82) is 0 Å². The van der Waals surface area contributed by atoms with Gasteiger partial charge in [-0.1, -0.05) is 48.0 Å². The molecule has 0 radical (unpaired) electrons. The highest BCUT2D eigenvalue weighted by Crippen LogP contribution is 2.24. The second-order valence-corrected chi connectivity index (χ2v) is 13.8. The molecule has 3 aromatic carbocycles. The van der Waals surface area contributed by atoms with Crippen LogP contribution >= 0.6 is 0 Å². The second-order valence-electron chi connectivity index (χ2n) is 10.0. The number of benzene rings is 3. The Morgan fingerprint density at radius 1 is 0.897 bits per heavy atom. The van der Waals surface area contributed by atoms with Gasteiger partial charge in [-0.15, -0.1) is 0 Å². The van der Waals surface area contributed by atoms with Crippen molar-refractivity contribution < 1.29 is 21.6 Å². The summed E-state index contributed by atoms with van der Waals surface area (Å²) in [5.74, 6) is -0.415. The first-order valence-electron chi connectivity index (χ1n) is 13.1. The minimum atomic E-state index is -3.78. The topological polar surface area (TPSA) is 113 Å². The lowest BCUT2D eigenvalue weighted by Crippen LogP contribution is -2.42. The van der Waals surface area contributed by atoms with Crippen molar-refractivity contribution in [3.8, 4) is 0 Å². The Labute approximate surface area is 231 Å². The number of anilines is 2. The lowest BCUT2D eigenvalue weighted by Gasteiger charge is -2.30. The van der Waals surface area contributed by atoms with Crippen molar-refractivity contribution in [3.05, 3.63) is 89.5 Å². The highest BCUT2D eigenvalue weighted by atomic mass is 32.2. The Kier molecular flexibility index (Phi) is 9.09. The van der Waals surface area contributed by atoms with E-state index in [1.165, 1.54) is 16.4 Å². The number of sulfonamides is 2. The average molecular weight is 570 g/mol. The van der Waals surface area contributed by atoms with Gasteiger partial charge in [-0.25, -0.2) is 21.1 Å². The van der Waals surface area contributed by atoms with E-state index in [2.05, 4.69) is 10.0 Å². The summed E-state index contributed by atoms with van der Waals surface area (Å²) in [6.45, 7) is 4.41. The minimum absolute atomic E-state index is 0.0891. The molecule has 10 heteroatoms. The molecule has 0 bridgehead atoms. The quantitative estimate of drug-likeness (QED) is 0.367. The first-order chi connectivity index (χ1) is 18.5. The van der Waals surface area contributed by atoms with Crippen LogP contribution in [0.15, 0.2) is 77.7 Å². The molecule has 1 heterocycles. The second kappa shape index (κ2) is 12.3. The molecule has 208 valence electrons. The summed E-state index contributed by atoms with van der Waals surface area (Å²) in [5, 5.41) is 2.84. The van der Waals surface area contributed by atoms with Crippen LogP contribution < -0.4 is 10.0 Å². The fraction of sp³-hybridized carbons (Fsp3) is 0.345. The van der Waals surface area contributed by atoms with Crippen LogP contribution in [0.5, 0.6) is 0 Å². The van der Waals surface area contributed by atoms with Gasteiger partial charge in [-0.3, -0.25) is 9.52 Å². The van der Waals surface area contributed by atoms with Crippen molar-refractivity contribution in [2.75, 3.05) is 28.9 Å². The summed E-state index contributed by atoms with van der Waals surface area (Å²) in [7, 11) is -7.15. The van der Waals surface area contributed by atoms with Crippen molar-refractivity contribution >= 4 is 37.3 Å². The minimum Gasteiger partial charge on any atom is -0.326 e. The summed E-state index contributed by atoms with van der Waals surface area (Å²) >= 11 is 0. The molecule has 0 aliphatic carbocycles. The zero-order chi connectivity index (χ0) is 28.0. The molecule has 1 saturated heterocycles. The molecule has 39 heavy (non-hydrogen) atoms. The van der Waals surface area contributed by atoms with Crippen LogP contribution in [0, 0.1) is 19.8 Å². The van der Waals surface area contributed by atoms with Crippen LogP contribution in [0.4, 0.5) is 11.4 Å². The lowest BCUT2D eigenvalue weighted by atomic mass is 9.97. The molecule has 1 fully saturated rings. The highest BCUT2D eigenvalue weighted by Gasteiger charge is 2.31. The van der Waals surface area contributed by atoms with Crippen LogP contribution in [0.2, 0.25) is 0 Å². The van der Waals surface area contributed by atoms with Gasteiger partial charge in [0.1, 0.15) is 0 Å². The van der Waals surface area contributed by atoms with Crippen LogP contribution in [-0.4, -0.2) is 45.9 Å². The molecule has 3 aromatic rings. The zero-order valence-corrected chi connectivity index (χ0v) is 23.9. The van der Waals surface area contributed by atoms with Gasteiger partial charge in [0.2, 0.25) is 15.9 Å². The Bertz CT molecular complexity index is 1500. The molecular weight excluding hydrogens is 534 g/mol. The Balaban J connectivity index is 1.27. The molecule has 0 atom stereocenters. The number of aryl methyl sites for hydroxylation is 3. The first kappa shape index (κ1) is 28.8. The van der Waals surface area contributed by atoms with E-state index in [9.17, 15) is 21.6 Å². The van der Waals surface area contributed by atoms with Gasteiger partial charge >= 0.3 is 0 Å². The summed E-state index contributed by atoms with van der Waals surface area (Å²) in [6, 6.07) is 21.3. The van der Waals surface area contributed by atoms with Crippen LogP contribution in [0.25, 0.3) is 0 Å². The molecule has 8 nitrogen and oxygen atoms in total. The standard InChI is InChI=1S/C29H35N3O5S2/c1-22-10-15-28(23(2)21-22)31-39(36,37)27-13-11-26(12-14-27)30-29(33)25-16-18-32(19-17-25)38(34,35)20-6-9-24-7-4-3-5-8-24/h3-5,7-8,10-15,21,25,31H,6,9,16-20H2,1-2H3,(H,30,33). The average Bonchev–Trinajstić information content (AvgIpc) is 2.91. The van der Waals surface area contributed by atoms with Gasteiger partial charge in [-0.05, 0) is 81.0 Å². The van der Waals surface area contributed by atoms with E-state index >= 15 is 0 Å². The number of nitrogens with one attached hydrogen (secondary N) is 2. The number of rotatable bonds is 10. The van der Waals surface area contributed by atoms with E-state index in [-0.39, 0.29) is 22.5 Å². The number of hydrogen-bond donors (Lipinski definition) is 2. The van der Waals surface area contributed by atoms with Gasteiger partial charge < -0.3 is 5.32 Å². The molecule has 2 N–H and O–H groups in total. The summed E-state index contributed by atoms with van der Waals surface area (Å²) in [4.78, 5) is 12.9. The fourth-order valence-electron chi connectivity index (χ4n) is 4.72. The van der Waals surface area contributed by atoms with Crippen LogP contribution in [0.3, 0.4) is 0 Å². The van der Waals surface area contributed by atoms with Gasteiger partial charge in [-0.2, -0.15) is 0 Å². The summed E-state index contributed by atoms with van der Waals surface area (Å²) < 4.78 is 55.3. The monoisotopic (exact) mass is 569 g/mol. The third-order valence-corrected chi connectivity index (χ3v) is 10.3. The molecule has 4 rings (SSSR count). The lowest BCUT2D eigenvalue weighted by molar-refractivity contribution is -0.120. The van der Waals surface area contributed by atoms with E-state index in [1.807, 2.05) is 56.3 Å². The number of piperidine rings is 1. The highest BCUT2D eigenvalue weighted by molar-refractivity contribution is 7.92. The number of hydrogen-bond acceptors (Lipinski definition) is 5. The molecule has 1 aliphatic heterocycles. The molecule has 0 saturated carbocycles. The largest absolute Gasteiger partial charge is 0.326 e. The molecule has 1 amide bonds. The maximum atomic E-state index is 12.8. The SMILES string of the molecule is Cc1ccc(NS(=O)(=O)c2ccc(NC(=O)C3CCN(S(=O)(=O)CCCc4ccccc4)CC3)cc2)c(C)c1. The molecule has 0 spiro atoms. The van der Waals surface area contributed by atoms with Crippen molar-refractivity contribution in [1.82, 2.24) is 4.31 Å². The van der Waals surface area contributed by atoms with Crippen molar-refractivity contribution in [2.24, 2.45) is 5.92 Å². The van der Waals surface area contributed by atoms with E-state index in [0.29, 0.717) is 50.1 Å². The molecule has 1 aliphatic rings. The normalized spacial score (nSPS) is 15.1. The number of amides is 1. The van der Waals surface area contributed by atoms with E-state index < -0.39 is 20.0 Å². The van der Waals surface area contributed by atoms with Gasteiger partial charge in [0.25, 0.3) is 10.0 Å². The van der Waals surface area contributed by atoms with Gasteiger partial charge in [0, 0.05) is 24.7 Å². The van der Waals surface area contributed by atoms with Gasteiger partial charge in [0.15, 0.2) is 0 Å². The maximum Gasteiger partial charge on any atom is 0.261 e. The smallest absolute Gasteiger partial charge is 0.261 e. The van der Waals surface area contributed by atoms with Crippen molar-refractivity contribution in [2.45, 2.75) is 44.4 Å². The van der Waals surface area contributed by atoms with E-state index in [4.69, 9.17) is 0 Å². The number of carbonyl (C=O) groups is 1. The maximum absolute atomic E-state index is 12.8. The number of nitrogens with zero attached hydrogens (tertiary/aromatic N) is 1. The fourth-order valence-corrected chi connectivity index (χ4v) is 7.39. The molecule has 0 unspecified atom stereocenters. The zero-order valence-electron chi connectivity index (χ0n) is 22.3. The third kappa shape index (κ3) is 7.68. The Morgan fingerprint density at radius 2 is 1.56 bits per heavy atom. The predicted octanol–water partition coefficient (Wildman–Crippen LogP) is 4.72. The molecular formula is C29H35N3O5S2. The van der Waals surface area contributed by atoms with Crippen molar-refractivity contribution in [3.63, 3.8) is 0 Å². The predicted molar refractivity (Wildman–Crippen MR) is 155 cm³/mol. The van der Waals surface area contributed by atoms with Crippen LogP contribution in [-0.2, 0) is 31.3 Å². The summed E-state index contributed by atoms with van der Waals surface area (Å²) in [5.41, 5.74) is 3.99. The van der Waals surface area contributed by atoms with Gasteiger partial charge in [0.05, 0.1) is 16.3 Å². The Morgan fingerprint density at radius 3 is 2.21 bits per heavy atom. The molecule has 0 aromatic heterocycles. The first-order valence-corrected chi connectivity index (χ1v) is 16.2. The van der Waals surface area contributed by atoms with E-state index in [1.54, 1.807) is 18.2 Å².